The molecule has 1 aliphatic heterocycles. The van der Waals surface area contributed by atoms with Gasteiger partial charge in [0.25, 0.3) is 0 Å². The molecule has 16 heavy (non-hydrogen) atoms. The summed E-state index contributed by atoms with van der Waals surface area (Å²) in [6.07, 6.45) is 3.43. The summed E-state index contributed by atoms with van der Waals surface area (Å²) < 4.78 is 12.9. The summed E-state index contributed by atoms with van der Waals surface area (Å²) in [7, 11) is 0. The fourth-order valence-corrected chi connectivity index (χ4v) is 1.81. The molecule has 2 aromatic heterocycles. The Labute approximate surface area is 91.7 Å². The van der Waals surface area contributed by atoms with Crippen LogP contribution >= 0.6 is 0 Å². The van der Waals surface area contributed by atoms with E-state index in [0.717, 1.165) is 16.8 Å². The fraction of sp³-hybridized carbons (Fsp3) is 0.0833. The van der Waals surface area contributed by atoms with Crippen molar-refractivity contribution < 1.29 is 4.39 Å². The molecular weight excluding hydrogens is 205 g/mol. The zero-order valence-corrected chi connectivity index (χ0v) is 8.39. The van der Waals surface area contributed by atoms with Crippen LogP contribution in [0.5, 0.6) is 0 Å². The van der Waals surface area contributed by atoms with Crippen LogP contribution in [0, 0.1) is 5.95 Å². The van der Waals surface area contributed by atoms with Crippen molar-refractivity contribution in [1.82, 2.24) is 9.97 Å². The monoisotopic (exact) mass is 213 g/mol. The van der Waals surface area contributed by atoms with Gasteiger partial charge >= 0.3 is 0 Å². The van der Waals surface area contributed by atoms with Crippen molar-refractivity contribution >= 4 is 5.71 Å². The summed E-state index contributed by atoms with van der Waals surface area (Å²) >= 11 is 0. The summed E-state index contributed by atoms with van der Waals surface area (Å²) in [6, 6.07) is 6.86. The Kier molecular flexibility index (Phi) is 1.99. The van der Waals surface area contributed by atoms with Gasteiger partial charge in [0.2, 0.25) is 5.95 Å². The third-order valence-electron chi connectivity index (χ3n) is 2.54. The zero-order valence-electron chi connectivity index (χ0n) is 8.39. The standard InChI is InChI=1S/C12H8FN3/c13-11-2-1-9-10(16-11)7-15-12(9)8-3-5-14-6-4-8/h1-6H,7H2. The maximum Gasteiger partial charge on any atom is 0.213 e. The normalized spacial score (nSPS) is 13.4. The van der Waals surface area contributed by atoms with Crippen LogP contribution in [0.3, 0.4) is 0 Å². The van der Waals surface area contributed by atoms with Gasteiger partial charge in [0.05, 0.1) is 18.0 Å². The molecule has 0 bridgehead atoms. The van der Waals surface area contributed by atoms with Gasteiger partial charge < -0.3 is 0 Å². The number of hydrogen-bond donors (Lipinski definition) is 0. The maximum atomic E-state index is 12.9. The average molecular weight is 213 g/mol. The van der Waals surface area contributed by atoms with E-state index in [-0.39, 0.29) is 0 Å². The van der Waals surface area contributed by atoms with Gasteiger partial charge in [-0.1, -0.05) is 0 Å². The zero-order chi connectivity index (χ0) is 11.0. The lowest BCUT2D eigenvalue weighted by molar-refractivity contribution is 0.577. The molecule has 1 aliphatic rings. The Balaban J connectivity index is 2.09. The predicted octanol–water partition coefficient (Wildman–Crippen LogP) is 1.97. The summed E-state index contributed by atoms with van der Waals surface area (Å²) in [5.41, 5.74) is 3.46. The van der Waals surface area contributed by atoms with Gasteiger partial charge in [-0.15, -0.1) is 0 Å². The van der Waals surface area contributed by atoms with E-state index in [1.807, 2.05) is 12.1 Å². The Morgan fingerprint density at radius 2 is 1.88 bits per heavy atom. The van der Waals surface area contributed by atoms with Crippen LogP contribution in [0.2, 0.25) is 0 Å². The van der Waals surface area contributed by atoms with E-state index in [1.165, 1.54) is 6.07 Å². The molecule has 0 atom stereocenters. The first-order chi connectivity index (χ1) is 7.84. The van der Waals surface area contributed by atoms with Crippen molar-refractivity contribution in [2.75, 3.05) is 0 Å². The number of rotatable bonds is 1. The molecular formula is C12H8FN3. The van der Waals surface area contributed by atoms with Crippen LogP contribution in [-0.4, -0.2) is 15.7 Å². The number of aliphatic imine (C=N–C) groups is 1. The van der Waals surface area contributed by atoms with E-state index >= 15 is 0 Å². The second-order valence-electron chi connectivity index (χ2n) is 3.53. The van der Waals surface area contributed by atoms with Gasteiger partial charge in [-0.05, 0) is 24.3 Å². The van der Waals surface area contributed by atoms with Crippen molar-refractivity contribution in [3.05, 3.63) is 59.4 Å². The van der Waals surface area contributed by atoms with Gasteiger partial charge in [-0.3, -0.25) is 9.98 Å². The summed E-state index contributed by atoms with van der Waals surface area (Å²) in [5, 5.41) is 0. The first-order valence-electron chi connectivity index (χ1n) is 4.95. The second-order valence-corrected chi connectivity index (χ2v) is 3.53. The van der Waals surface area contributed by atoms with Crippen molar-refractivity contribution in [2.45, 2.75) is 6.54 Å². The Morgan fingerprint density at radius 1 is 1.06 bits per heavy atom. The third-order valence-corrected chi connectivity index (χ3v) is 2.54. The molecule has 0 aliphatic carbocycles. The molecule has 0 radical (unpaired) electrons. The molecule has 0 fully saturated rings. The van der Waals surface area contributed by atoms with Gasteiger partial charge in [0.15, 0.2) is 0 Å². The first-order valence-corrected chi connectivity index (χ1v) is 4.95. The van der Waals surface area contributed by atoms with E-state index in [1.54, 1.807) is 18.5 Å². The Hall–Kier alpha value is -2.10. The van der Waals surface area contributed by atoms with E-state index in [2.05, 4.69) is 15.0 Å². The van der Waals surface area contributed by atoms with E-state index in [4.69, 9.17) is 0 Å². The third kappa shape index (κ3) is 1.39. The minimum atomic E-state index is -0.454. The highest BCUT2D eigenvalue weighted by atomic mass is 19.1. The van der Waals surface area contributed by atoms with Gasteiger partial charge in [0, 0.05) is 23.5 Å². The molecule has 0 amide bonds. The molecule has 4 heteroatoms. The Bertz CT molecular complexity index is 564. The number of fused-ring (bicyclic) bond motifs is 1. The Morgan fingerprint density at radius 3 is 2.69 bits per heavy atom. The van der Waals surface area contributed by atoms with E-state index in [9.17, 15) is 4.39 Å². The number of halogens is 1. The number of nitrogens with zero attached hydrogens (tertiary/aromatic N) is 3. The van der Waals surface area contributed by atoms with E-state index < -0.39 is 5.95 Å². The highest BCUT2D eigenvalue weighted by molar-refractivity contribution is 6.14. The molecule has 3 rings (SSSR count). The lowest BCUT2D eigenvalue weighted by Crippen LogP contribution is -2.02. The summed E-state index contributed by atoms with van der Waals surface area (Å²) in [5.74, 6) is -0.454. The van der Waals surface area contributed by atoms with Crippen LogP contribution < -0.4 is 0 Å². The van der Waals surface area contributed by atoms with Gasteiger partial charge in [0.1, 0.15) is 0 Å². The second kappa shape index (κ2) is 3.48. The van der Waals surface area contributed by atoms with Gasteiger partial charge in [-0.25, -0.2) is 4.98 Å². The lowest BCUT2D eigenvalue weighted by Gasteiger charge is -2.02. The quantitative estimate of drug-likeness (QED) is 0.679. The average Bonchev–Trinajstić information content (AvgIpc) is 2.73. The molecule has 0 saturated heterocycles. The largest absolute Gasteiger partial charge is 0.278 e. The number of pyridine rings is 2. The molecule has 3 nitrogen and oxygen atoms in total. The van der Waals surface area contributed by atoms with Crippen LogP contribution in [-0.2, 0) is 6.54 Å². The van der Waals surface area contributed by atoms with Crippen molar-refractivity contribution in [1.29, 1.82) is 0 Å². The van der Waals surface area contributed by atoms with Crippen molar-refractivity contribution in [3.8, 4) is 0 Å². The smallest absolute Gasteiger partial charge is 0.213 e. The molecule has 78 valence electrons. The van der Waals surface area contributed by atoms with Crippen LogP contribution in [0.15, 0.2) is 41.7 Å². The van der Waals surface area contributed by atoms with Crippen molar-refractivity contribution in [2.24, 2.45) is 4.99 Å². The molecule has 2 aromatic rings. The SMILES string of the molecule is Fc1ccc2c(n1)CN=C2c1ccncc1. The number of aromatic nitrogens is 2. The highest BCUT2D eigenvalue weighted by Gasteiger charge is 2.18. The maximum absolute atomic E-state index is 12.9. The van der Waals surface area contributed by atoms with E-state index in [0.29, 0.717) is 12.2 Å². The molecule has 0 spiro atoms. The van der Waals surface area contributed by atoms with Gasteiger partial charge in [-0.2, -0.15) is 4.39 Å². The highest BCUT2D eigenvalue weighted by Crippen LogP contribution is 2.21. The predicted molar refractivity (Wildman–Crippen MR) is 57.8 cm³/mol. The van der Waals surface area contributed by atoms with Crippen LogP contribution in [0.4, 0.5) is 4.39 Å². The lowest BCUT2D eigenvalue weighted by atomic mass is 10.0. The minimum Gasteiger partial charge on any atom is -0.278 e. The van der Waals surface area contributed by atoms with Crippen LogP contribution in [0.1, 0.15) is 16.8 Å². The van der Waals surface area contributed by atoms with Crippen molar-refractivity contribution in [3.63, 3.8) is 0 Å². The first kappa shape index (κ1) is 9.15. The minimum absolute atomic E-state index is 0.449. The van der Waals surface area contributed by atoms with Crippen LogP contribution in [0.25, 0.3) is 0 Å². The summed E-state index contributed by atoms with van der Waals surface area (Å²) in [4.78, 5) is 12.2. The molecule has 0 aromatic carbocycles. The molecule has 3 heterocycles. The topological polar surface area (TPSA) is 38.1 Å². The molecule has 0 saturated carbocycles. The number of hydrogen-bond acceptors (Lipinski definition) is 3. The fourth-order valence-electron chi connectivity index (χ4n) is 1.81. The molecule has 0 N–H and O–H groups in total. The molecule has 0 unspecified atom stereocenters. The summed E-state index contributed by atoms with van der Waals surface area (Å²) in [6.45, 7) is 0.449.